The fourth-order valence-electron chi connectivity index (χ4n) is 4.12. The van der Waals surface area contributed by atoms with Gasteiger partial charge in [-0.2, -0.15) is 12.7 Å². The van der Waals surface area contributed by atoms with Crippen molar-refractivity contribution in [3.63, 3.8) is 0 Å². The van der Waals surface area contributed by atoms with E-state index >= 15 is 0 Å². The van der Waals surface area contributed by atoms with Crippen LogP contribution in [0, 0.1) is 5.82 Å². The lowest BCUT2D eigenvalue weighted by Crippen LogP contribution is -2.55. The summed E-state index contributed by atoms with van der Waals surface area (Å²) in [5.41, 5.74) is 1.29. The number of hydrogen-bond donors (Lipinski definition) is 1. The standard InChI is InChI=1S/C29H34BrFN4O4S/c1-21(2)32-29(37)27(18-22-11-6-5-7-12-22)34(19-23-13-10-14-24(30)17-23)28(36)20-35(40(38,39)33(3)4)26-16-9-8-15-25(26)31/h5-17,21,27H,18-20H2,1-4H3,(H,32,37)/t27-/m0/s1. The topological polar surface area (TPSA) is 90.0 Å². The van der Waals surface area contributed by atoms with Gasteiger partial charge in [0.1, 0.15) is 18.4 Å². The molecular weight excluding hydrogens is 599 g/mol. The number of carbonyl (C=O) groups is 2. The van der Waals surface area contributed by atoms with Gasteiger partial charge in [-0.05, 0) is 49.2 Å². The number of amides is 2. The highest BCUT2D eigenvalue weighted by atomic mass is 79.9. The molecule has 8 nitrogen and oxygen atoms in total. The average Bonchev–Trinajstić information content (AvgIpc) is 2.89. The number of halogens is 2. The van der Waals surface area contributed by atoms with E-state index in [1.807, 2.05) is 68.4 Å². The fraction of sp³-hybridized carbons (Fsp3) is 0.310. The lowest BCUT2D eigenvalue weighted by atomic mass is 10.0. The van der Waals surface area contributed by atoms with Crippen LogP contribution in [0.2, 0.25) is 0 Å². The first-order valence-corrected chi connectivity index (χ1v) is 14.9. The van der Waals surface area contributed by atoms with Crippen molar-refractivity contribution in [1.82, 2.24) is 14.5 Å². The van der Waals surface area contributed by atoms with E-state index in [9.17, 15) is 22.4 Å². The van der Waals surface area contributed by atoms with Gasteiger partial charge in [0.15, 0.2) is 0 Å². The van der Waals surface area contributed by atoms with Crippen LogP contribution in [0.15, 0.2) is 83.3 Å². The van der Waals surface area contributed by atoms with Gasteiger partial charge in [0.05, 0.1) is 5.69 Å². The van der Waals surface area contributed by atoms with E-state index in [4.69, 9.17) is 0 Å². The highest BCUT2D eigenvalue weighted by Gasteiger charge is 2.35. The van der Waals surface area contributed by atoms with Gasteiger partial charge in [-0.25, -0.2) is 8.70 Å². The largest absolute Gasteiger partial charge is 0.352 e. The van der Waals surface area contributed by atoms with Crippen LogP contribution in [0.3, 0.4) is 0 Å². The Bertz CT molecular complexity index is 1420. The molecule has 0 spiro atoms. The molecule has 0 saturated carbocycles. The summed E-state index contributed by atoms with van der Waals surface area (Å²) in [5.74, 6) is -1.83. The maximum Gasteiger partial charge on any atom is 0.304 e. The number of rotatable bonds is 12. The Labute approximate surface area is 244 Å². The van der Waals surface area contributed by atoms with E-state index in [0.29, 0.717) is 0 Å². The van der Waals surface area contributed by atoms with Crippen LogP contribution in [-0.2, 0) is 32.8 Å². The maximum absolute atomic E-state index is 14.9. The molecule has 214 valence electrons. The van der Waals surface area contributed by atoms with Gasteiger partial charge in [-0.1, -0.05) is 70.5 Å². The number of nitrogens with one attached hydrogen (secondary N) is 1. The normalized spacial score (nSPS) is 12.3. The summed E-state index contributed by atoms with van der Waals surface area (Å²) in [5, 5.41) is 2.90. The van der Waals surface area contributed by atoms with Crippen molar-refractivity contribution in [3.8, 4) is 0 Å². The first-order valence-electron chi connectivity index (χ1n) is 12.7. The smallest absolute Gasteiger partial charge is 0.304 e. The van der Waals surface area contributed by atoms with E-state index in [0.717, 1.165) is 30.3 Å². The predicted molar refractivity (Wildman–Crippen MR) is 158 cm³/mol. The summed E-state index contributed by atoms with van der Waals surface area (Å²) in [6.07, 6.45) is 0.194. The molecule has 0 saturated heterocycles. The summed E-state index contributed by atoms with van der Waals surface area (Å²) in [7, 11) is -1.66. The summed E-state index contributed by atoms with van der Waals surface area (Å²) in [6.45, 7) is 2.95. The Morgan fingerprint density at radius 2 is 1.55 bits per heavy atom. The van der Waals surface area contributed by atoms with Gasteiger partial charge in [-0.15, -0.1) is 0 Å². The van der Waals surface area contributed by atoms with Crippen molar-refractivity contribution in [1.29, 1.82) is 0 Å². The second-order valence-corrected chi connectivity index (χ2v) is 12.8. The maximum atomic E-state index is 14.9. The second kappa shape index (κ2) is 13.9. The van der Waals surface area contributed by atoms with Crippen molar-refractivity contribution in [2.45, 2.75) is 38.9 Å². The molecule has 3 aromatic carbocycles. The predicted octanol–water partition coefficient (Wildman–Crippen LogP) is 4.37. The molecule has 0 unspecified atom stereocenters. The molecule has 11 heteroatoms. The fourth-order valence-corrected chi connectivity index (χ4v) is 5.63. The molecule has 40 heavy (non-hydrogen) atoms. The summed E-state index contributed by atoms with van der Waals surface area (Å²) >= 11 is 3.45. The summed E-state index contributed by atoms with van der Waals surface area (Å²) in [6, 6.07) is 20.8. The minimum absolute atomic E-state index is 0.0222. The van der Waals surface area contributed by atoms with Crippen LogP contribution in [0.1, 0.15) is 25.0 Å². The zero-order valence-corrected chi connectivity index (χ0v) is 25.3. The van der Waals surface area contributed by atoms with Crippen molar-refractivity contribution in [2.24, 2.45) is 0 Å². The van der Waals surface area contributed by atoms with Gasteiger partial charge in [0.2, 0.25) is 11.8 Å². The molecular formula is C29H34BrFN4O4S. The molecule has 0 bridgehead atoms. The summed E-state index contributed by atoms with van der Waals surface area (Å²) in [4.78, 5) is 29.0. The zero-order valence-electron chi connectivity index (χ0n) is 22.9. The molecule has 1 atom stereocenters. The monoisotopic (exact) mass is 632 g/mol. The van der Waals surface area contributed by atoms with Crippen molar-refractivity contribution in [2.75, 3.05) is 24.9 Å². The van der Waals surface area contributed by atoms with Crippen LogP contribution in [-0.4, -0.2) is 62.2 Å². The molecule has 0 aliphatic heterocycles. The minimum atomic E-state index is -4.28. The quantitative estimate of drug-likeness (QED) is 0.321. The Balaban J connectivity index is 2.11. The minimum Gasteiger partial charge on any atom is -0.352 e. The number of benzene rings is 3. The molecule has 3 aromatic rings. The molecule has 0 aromatic heterocycles. The Kier molecular flexibility index (Phi) is 10.8. The SMILES string of the molecule is CC(C)NC(=O)[C@H](Cc1ccccc1)N(Cc1cccc(Br)c1)C(=O)CN(c1ccccc1F)S(=O)(=O)N(C)C. The number of anilines is 1. The van der Waals surface area contributed by atoms with Crippen molar-refractivity contribution < 1.29 is 22.4 Å². The zero-order chi connectivity index (χ0) is 29.4. The van der Waals surface area contributed by atoms with E-state index < -0.39 is 34.5 Å². The number of carbonyl (C=O) groups excluding carboxylic acids is 2. The van der Waals surface area contributed by atoms with Gasteiger partial charge < -0.3 is 10.2 Å². The Morgan fingerprint density at radius 3 is 2.15 bits per heavy atom. The third-order valence-electron chi connectivity index (χ3n) is 6.08. The van der Waals surface area contributed by atoms with E-state index in [2.05, 4.69) is 21.2 Å². The van der Waals surface area contributed by atoms with Crippen LogP contribution in [0.5, 0.6) is 0 Å². The molecule has 0 fully saturated rings. The molecule has 0 heterocycles. The number of para-hydroxylation sites is 1. The van der Waals surface area contributed by atoms with Gasteiger partial charge in [-0.3, -0.25) is 9.59 Å². The third kappa shape index (κ3) is 8.12. The van der Waals surface area contributed by atoms with Crippen molar-refractivity contribution in [3.05, 3.63) is 100 Å². The molecule has 3 rings (SSSR count). The molecule has 1 N–H and O–H groups in total. The highest BCUT2D eigenvalue weighted by molar-refractivity contribution is 9.10. The third-order valence-corrected chi connectivity index (χ3v) is 8.38. The van der Waals surface area contributed by atoms with Gasteiger partial charge in [0.25, 0.3) is 0 Å². The van der Waals surface area contributed by atoms with Crippen LogP contribution >= 0.6 is 15.9 Å². The summed E-state index contributed by atoms with van der Waals surface area (Å²) < 4.78 is 43.9. The van der Waals surface area contributed by atoms with E-state index in [1.165, 1.54) is 37.2 Å². The van der Waals surface area contributed by atoms with Crippen LogP contribution in [0.25, 0.3) is 0 Å². The molecule has 0 aliphatic carbocycles. The Hall–Kier alpha value is -3.28. The number of hydrogen-bond acceptors (Lipinski definition) is 4. The second-order valence-electron chi connectivity index (χ2n) is 9.77. The first-order chi connectivity index (χ1) is 18.9. The number of nitrogens with zero attached hydrogens (tertiary/aromatic N) is 3. The van der Waals surface area contributed by atoms with Crippen molar-refractivity contribution >= 4 is 43.6 Å². The van der Waals surface area contributed by atoms with Gasteiger partial charge >= 0.3 is 10.2 Å². The van der Waals surface area contributed by atoms with E-state index in [1.54, 1.807) is 0 Å². The Morgan fingerprint density at radius 1 is 0.925 bits per heavy atom. The average molecular weight is 634 g/mol. The van der Waals surface area contributed by atoms with Crippen LogP contribution < -0.4 is 9.62 Å². The molecule has 2 amide bonds. The lowest BCUT2D eigenvalue weighted by molar-refractivity contribution is -0.140. The van der Waals surface area contributed by atoms with Crippen LogP contribution in [0.4, 0.5) is 10.1 Å². The molecule has 0 radical (unpaired) electrons. The molecule has 0 aliphatic rings. The highest BCUT2D eigenvalue weighted by Crippen LogP contribution is 2.25. The lowest BCUT2D eigenvalue weighted by Gasteiger charge is -2.34. The first kappa shape index (κ1) is 31.3. The van der Waals surface area contributed by atoms with E-state index in [-0.39, 0.29) is 30.6 Å². The van der Waals surface area contributed by atoms with Gasteiger partial charge in [0, 0.05) is 37.6 Å².